The first-order valence-corrected chi connectivity index (χ1v) is 7.25. The molecule has 22 heavy (non-hydrogen) atoms. The van der Waals surface area contributed by atoms with Crippen LogP contribution in [-0.2, 0) is 6.61 Å². The second-order valence-corrected chi connectivity index (χ2v) is 5.00. The molecule has 0 unspecified atom stereocenters. The molecule has 110 valence electrons. The summed E-state index contributed by atoms with van der Waals surface area (Å²) in [6, 6.07) is 26.1. The van der Waals surface area contributed by atoms with Crippen molar-refractivity contribution in [3.63, 3.8) is 0 Å². The van der Waals surface area contributed by atoms with Crippen LogP contribution in [-0.4, -0.2) is 12.0 Å². The number of rotatable bonds is 5. The molecule has 3 aromatic rings. The number of hydrogen-bond donors (Lipinski definition) is 0. The molecule has 0 spiro atoms. The minimum Gasteiger partial charge on any atom is -0.473 e. The molecule has 1 aromatic heterocycles. The van der Waals surface area contributed by atoms with Gasteiger partial charge in [-0.05, 0) is 23.8 Å². The molecule has 0 bridgehead atoms. The molecule has 0 amide bonds. The Balaban J connectivity index is 1.72. The molecule has 0 saturated carbocycles. The number of nitrogens with zero attached hydrogens (tertiary/aromatic N) is 2. The van der Waals surface area contributed by atoms with E-state index < -0.39 is 0 Å². The van der Waals surface area contributed by atoms with E-state index in [1.54, 1.807) is 0 Å². The number of benzene rings is 2. The van der Waals surface area contributed by atoms with Crippen LogP contribution >= 0.6 is 0 Å². The summed E-state index contributed by atoms with van der Waals surface area (Å²) in [7, 11) is 2.00. The molecule has 3 nitrogen and oxygen atoms in total. The van der Waals surface area contributed by atoms with Gasteiger partial charge in [0.1, 0.15) is 12.4 Å². The Morgan fingerprint density at radius 1 is 0.818 bits per heavy atom. The van der Waals surface area contributed by atoms with Gasteiger partial charge in [-0.15, -0.1) is 0 Å². The zero-order valence-electron chi connectivity index (χ0n) is 12.5. The van der Waals surface area contributed by atoms with E-state index in [2.05, 4.69) is 17.1 Å². The Morgan fingerprint density at radius 2 is 1.50 bits per heavy atom. The summed E-state index contributed by atoms with van der Waals surface area (Å²) in [5, 5.41) is 0. The largest absolute Gasteiger partial charge is 0.473 e. The van der Waals surface area contributed by atoms with Crippen LogP contribution in [0.25, 0.3) is 0 Å². The van der Waals surface area contributed by atoms with Gasteiger partial charge in [0.2, 0.25) is 5.88 Å². The number of hydrogen-bond acceptors (Lipinski definition) is 3. The van der Waals surface area contributed by atoms with Gasteiger partial charge in [-0.3, -0.25) is 0 Å². The van der Waals surface area contributed by atoms with Gasteiger partial charge in [-0.25, -0.2) is 0 Å². The zero-order chi connectivity index (χ0) is 15.2. The maximum absolute atomic E-state index is 5.78. The lowest BCUT2D eigenvalue weighted by Crippen LogP contribution is -2.11. The summed E-state index contributed by atoms with van der Waals surface area (Å²) in [4.78, 5) is 6.60. The predicted molar refractivity (Wildman–Crippen MR) is 89.5 cm³/mol. The van der Waals surface area contributed by atoms with E-state index in [1.165, 1.54) is 0 Å². The highest BCUT2D eigenvalue weighted by Gasteiger charge is 2.06. The quantitative estimate of drug-likeness (QED) is 0.695. The molecule has 0 atom stereocenters. The second-order valence-electron chi connectivity index (χ2n) is 5.00. The fourth-order valence-electron chi connectivity index (χ4n) is 2.19. The van der Waals surface area contributed by atoms with Crippen molar-refractivity contribution in [3.05, 3.63) is 84.4 Å². The van der Waals surface area contributed by atoms with Gasteiger partial charge in [0.15, 0.2) is 0 Å². The highest BCUT2D eigenvalue weighted by Crippen LogP contribution is 2.23. The number of aromatic nitrogens is 1. The van der Waals surface area contributed by atoms with E-state index in [9.17, 15) is 0 Å². The lowest BCUT2D eigenvalue weighted by Gasteiger charge is -2.18. The Labute approximate surface area is 130 Å². The third kappa shape index (κ3) is 3.44. The van der Waals surface area contributed by atoms with Gasteiger partial charge >= 0.3 is 0 Å². The number of para-hydroxylation sites is 1. The first-order chi connectivity index (χ1) is 10.8. The van der Waals surface area contributed by atoms with Crippen molar-refractivity contribution in [3.8, 4) is 5.88 Å². The Hall–Kier alpha value is -2.81. The van der Waals surface area contributed by atoms with Crippen LogP contribution in [0, 0.1) is 0 Å². The number of ether oxygens (including phenoxy) is 1. The first kappa shape index (κ1) is 14.1. The summed E-state index contributed by atoms with van der Waals surface area (Å²) in [5.74, 6) is 1.49. The van der Waals surface area contributed by atoms with Gasteiger partial charge in [0.25, 0.3) is 0 Å². The smallest absolute Gasteiger partial charge is 0.215 e. The fraction of sp³-hybridized carbons (Fsp3) is 0.105. The molecule has 3 rings (SSSR count). The van der Waals surface area contributed by atoms with Crippen LogP contribution in [0.4, 0.5) is 11.5 Å². The minimum atomic E-state index is 0.520. The summed E-state index contributed by atoms with van der Waals surface area (Å²) < 4.78 is 5.78. The van der Waals surface area contributed by atoms with Crippen LogP contribution in [0.3, 0.4) is 0 Å². The molecule has 0 aliphatic carbocycles. The molecular formula is C19H18N2O. The van der Waals surface area contributed by atoms with E-state index in [1.807, 2.05) is 78.7 Å². The molecule has 0 N–H and O–H groups in total. The predicted octanol–water partition coefficient (Wildman–Crippen LogP) is 4.43. The van der Waals surface area contributed by atoms with Crippen molar-refractivity contribution in [2.75, 3.05) is 11.9 Å². The SMILES string of the molecule is CN(c1ccccc1)c1cccc(OCc2ccccc2)n1. The van der Waals surface area contributed by atoms with E-state index in [0.717, 1.165) is 17.1 Å². The van der Waals surface area contributed by atoms with Crippen molar-refractivity contribution in [1.82, 2.24) is 4.98 Å². The second kappa shape index (κ2) is 6.76. The van der Waals surface area contributed by atoms with Crippen LogP contribution in [0.2, 0.25) is 0 Å². The Morgan fingerprint density at radius 3 is 2.23 bits per heavy atom. The van der Waals surface area contributed by atoms with Crippen LogP contribution in [0.1, 0.15) is 5.56 Å². The average Bonchev–Trinajstić information content (AvgIpc) is 2.61. The third-order valence-electron chi connectivity index (χ3n) is 3.43. The molecule has 0 radical (unpaired) electrons. The van der Waals surface area contributed by atoms with E-state index in [0.29, 0.717) is 12.5 Å². The fourth-order valence-corrected chi connectivity index (χ4v) is 2.19. The maximum atomic E-state index is 5.78. The monoisotopic (exact) mass is 290 g/mol. The van der Waals surface area contributed by atoms with Gasteiger partial charge in [-0.1, -0.05) is 54.6 Å². The summed E-state index contributed by atoms with van der Waals surface area (Å²) in [5.41, 5.74) is 2.22. The van der Waals surface area contributed by atoms with E-state index in [4.69, 9.17) is 4.74 Å². The summed E-state index contributed by atoms with van der Waals surface area (Å²) in [6.07, 6.45) is 0. The topological polar surface area (TPSA) is 25.4 Å². The highest BCUT2D eigenvalue weighted by atomic mass is 16.5. The molecule has 0 aliphatic rings. The summed E-state index contributed by atoms with van der Waals surface area (Å²) >= 11 is 0. The third-order valence-corrected chi connectivity index (χ3v) is 3.43. The average molecular weight is 290 g/mol. The van der Waals surface area contributed by atoms with Crippen LogP contribution in [0.15, 0.2) is 78.9 Å². The Bertz CT molecular complexity index is 714. The van der Waals surface area contributed by atoms with Crippen molar-refractivity contribution in [1.29, 1.82) is 0 Å². The van der Waals surface area contributed by atoms with Crippen molar-refractivity contribution >= 4 is 11.5 Å². The maximum Gasteiger partial charge on any atom is 0.215 e. The summed E-state index contributed by atoms with van der Waals surface area (Å²) in [6.45, 7) is 0.520. The number of anilines is 2. The van der Waals surface area contributed by atoms with Gasteiger partial charge < -0.3 is 9.64 Å². The van der Waals surface area contributed by atoms with Gasteiger partial charge in [0, 0.05) is 18.8 Å². The zero-order valence-corrected chi connectivity index (χ0v) is 12.5. The molecule has 0 saturated heterocycles. The van der Waals surface area contributed by atoms with Gasteiger partial charge in [0.05, 0.1) is 0 Å². The van der Waals surface area contributed by atoms with Crippen molar-refractivity contribution in [2.45, 2.75) is 6.61 Å². The normalized spacial score (nSPS) is 10.2. The van der Waals surface area contributed by atoms with E-state index in [-0.39, 0.29) is 0 Å². The van der Waals surface area contributed by atoms with Crippen molar-refractivity contribution < 1.29 is 4.74 Å². The molecule has 1 heterocycles. The van der Waals surface area contributed by atoms with Crippen molar-refractivity contribution in [2.24, 2.45) is 0 Å². The molecule has 0 fully saturated rings. The molecular weight excluding hydrogens is 272 g/mol. The number of pyridine rings is 1. The van der Waals surface area contributed by atoms with Crippen LogP contribution in [0.5, 0.6) is 5.88 Å². The minimum absolute atomic E-state index is 0.520. The van der Waals surface area contributed by atoms with Crippen LogP contribution < -0.4 is 9.64 Å². The van der Waals surface area contributed by atoms with E-state index >= 15 is 0 Å². The Kier molecular flexibility index (Phi) is 4.35. The lowest BCUT2D eigenvalue weighted by molar-refractivity contribution is 0.294. The molecule has 2 aromatic carbocycles. The molecule has 3 heteroatoms. The molecule has 0 aliphatic heterocycles. The van der Waals surface area contributed by atoms with Gasteiger partial charge in [-0.2, -0.15) is 4.98 Å². The standard InChI is InChI=1S/C19H18N2O/c1-21(17-11-6-3-7-12-17)18-13-8-14-19(20-18)22-15-16-9-4-2-5-10-16/h2-14H,15H2,1H3. The highest BCUT2D eigenvalue weighted by molar-refractivity contribution is 5.59. The first-order valence-electron chi connectivity index (χ1n) is 7.25. The lowest BCUT2D eigenvalue weighted by atomic mass is 10.2.